The lowest BCUT2D eigenvalue weighted by atomic mass is 10.2. The number of hydrogen-bond donors (Lipinski definition) is 2. The van der Waals surface area contributed by atoms with E-state index in [-0.39, 0.29) is 17.7 Å². The topological polar surface area (TPSA) is 89.5 Å². The number of sulfonamides is 1. The minimum absolute atomic E-state index is 0.0156. The number of aromatic nitrogens is 2. The van der Waals surface area contributed by atoms with Gasteiger partial charge in [-0.1, -0.05) is 0 Å². The van der Waals surface area contributed by atoms with E-state index in [0.29, 0.717) is 12.1 Å². The van der Waals surface area contributed by atoms with Crippen molar-refractivity contribution in [2.75, 3.05) is 27.2 Å². The van der Waals surface area contributed by atoms with E-state index < -0.39 is 10.0 Å². The van der Waals surface area contributed by atoms with Gasteiger partial charge in [0.2, 0.25) is 0 Å². The van der Waals surface area contributed by atoms with Crippen LogP contribution in [-0.2, 0) is 16.6 Å². The minimum atomic E-state index is -3.62. The van der Waals surface area contributed by atoms with Crippen molar-refractivity contribution in [2.45, 2.75) is 30.5 Å². The van der Waals surface area contributed by atoms with Gasteiger partial charge in [0.25, 0.3) is 10.0 Å². The van der Waals surface area contributed by atoms with Crippen LogP contribution >= 0.6 is 0 Å². The van der Waals surface area contributed by atoms with Crippen LogP contribution in [0.15, 0.2) is 11.2 Å². The normalized spacial score (nSPS) is 21.4. The van der Waals surface area contributed by atoms with Gasteiger partial charge in [-0.15, -0.1) is 0 Å². The number of aliphatic hydroxyl groups excluding tert-OH is 1. The number of likely N-dealkylation sites (N-methyl/N-ethyl adjacent to an activating group) is 2. The van der Waals surface area contributed by atoms with E-state index in [1.165, 1.54) is 10.5 Å². The Morgan fingerprint density at radius 1 is 1.63 bits per heavy atom. The van der Waals surface area contributed by atoms with Gasteiger partial charge in [-0.2, -0.15) is 9.40 Å². The molecule has 1 aliphatic heterocycles. The van der Waals surface area contributed by atoms with Crippen molar-refractivity contribution in [3.63, 3.8) is 0 Å². The van der Waals surface area contributed by atoms with Gasteiger partial charge in [-0.05, 0) is 26.4 Å². The number of aromatic amines is 1. The average Bonchev–Trinajstić information content (AvgIpc) is 2.98. The Morgan fingerprint density at radius 2 is 2.37 bits per heavy atom. The van der Waals surface area contributed by atoms with Gasteiger partial charge in [-0.25, -0.2) is 8.42 Å². The average molecular weight is 288 g/mol. The van der Waals surface area contributed by atoms with Crippen LogP contribution in [0.5, 0.6) is 0 Å². The number of rotatable bonds is 5. The first-order chi connectivity index (χ1) is 8.96. The third-order valence-corrected chi connectivity index (χ3v) is 5.50. The number of hydrogen-bond acceptors (Lipinski definition) is 5. The molecule has 0 bridgehead atoms. The van der Waals surface area contributed by atoms with E-state index in [1.807, 2.05) is 7.05 Å². The summed E-state index contributed by atoms with van der Waals surface area (Å²) in [5.41, 5.74) is 0.298. The maximum atomic E-state index is 12.4. The summed E-state index contributed by atoms with van der Waals surface area (Å²) in [5.74, 6) is 0. The zero-order valence-electron chi connectivity index (χ0n) is 11.2. The van der Waals surface area contributed by atoms with Crippen LogP contribution in [0.2, 0.25) is 0 Å². The van der Waals surface area contributed by atoms with Gasteiger partial charge in [0.05, 0.1) is 12.8 Å². The van der Waals surface area contributed by atoms with E-state index in [2.05, 4.69) is 15.1 Å². The van der Waals surface area contributed by atoms with Crippen molar-refractivity contribution >= 4 is 10.0 Å². The largest absolute Gasteiger partial charge is 0.392 e. The summed E-state index contributed by atoms with van der Waals surface area (Å²) in [6, 6.07) is 0.250. The van der Waals surface area contributed by atoms with Crippen LogP contribution in [0.4, 0.5) is 0 Å². The van der Waals surface area contributed by atoms with Crippen molar-refractivity contribution in [3.8, 4) is 0 Å². The molecule has 0 aliphatic carbocycles. The summed E-state index contributed by atoms with van der Waals surface area (Å²) in [4.78, 5) is 2.17. The third-order valence-electron chi connectivity index (χ3n) is 3.66. The van der Waals surface area contributed by atoms with Crippen LogP contribution in [0.3, 0.4) is 0 Å². The molecular formula is C11H20N4O3S. The number of nitrogens with zero attached hydrogens (tertiary/aromatic N) is 3. The number of nitrogens with one attached hydrogen (secondary N) is 1. The molecule has 2 heterocycles. The SMILES string of the molecule is CN1CCCC1CN(C)S(=O)(=O)c1[nH]ncc1CO. The monoisotopic (exact) mass is 288 g/mol. The Morgan fingerprint density at radius 3 is 2.95 bits per heavy atom. The molecule has 1 atom stereocenters. The quantitative estimate of drug-likeness (QED) is 0.770. The highest BCUT2D eigenvalue weighted by atomic mass is 32.2. The smallest absolute Gasteiger partial charge is 0.260 e. The zero-order chi connectivity index (χ0) is 14.0. The molecule has 1 aliphatic rings. The Labute approximate surface area is 113 Å². The summed E-state index contributed by atoms with van der Waals surface area (Å²) < 4.78 is 26.1. The summed E-state index contributed by atoms with van der Waals surface area (Å²) in [6.07, 6.45) is 3.44. The lowest BCUT2D eigenvalue weighted by Gasteiger charge is -2.25. The highest BCUT2D eigenvalue weighted by molar-refractivity contribution is 7.89. The van der Waals surface area contributed by atoms with Crippen molar-refractivity contribution in [1.29, 1.82) is 0 Å². The summed E-state index contributed by atoms with van der Waals surface area (Å²) >= 11 is 0. The van der Waals surface area contributed by atoms with Crippen LogP contribution < -0.4 is 0 Å². The van der Waals surface area contributed by atoms with Gasteiger partial charge in [0.1, 0.15) is 0 Å². The molecule has 0 radical (unpaired) electrons. The second-order valence-corrected chi connectivity index (χ2v) is 6.93. The zero-order valence-corrected chi connectivity index (χ0v) is 12.0. The van der Waals surface area contributed by atoms with Gasteiger partial charge in [-0.3, -0.25) is 5.10 Å². The summed E-state index contributed by atoms with van der Waals surface area (Å²) in [7, 11) is -0.0543. The first-order valence-corrected chi connectivity index (χ1v) is 7.70. The maximum absolute atomic E-state index is 12.4. The fraction of sp³-hybridized carbons (Fsp3) is 0.727. The molecule has 8 heteroatoms. The predicted molar refractivity (Wildman–Crippen MR) is 70.0 cm³/mol. The number of aliphatic hydroxyl groups is 1. The Balaban J connectivity index is 2.15. The molecule has 0 aromatic carbocycles. The second-order valence-electron chi connectivity index (χ2n) is 4.94. The molecule has 0 amide bonds. The molecule has 1 saturated heterocycles. The number of H-pyrrole nitrogens is 1. The first-order valence-electron chi connectivity index (χ1n) is 6.26. The Hall–Kier alpha value is -0.960. The minimum Gasteiger partial charge on any atom is -0.392 e. The predicted octanol–water partition coefficient (Wildman–Crippen LogP) is -0.383. The highest BCUT2D eigenvalue weighted by Crippen LogP contribution is 2.20. The summed E-state index contributed by atoms with van der Waals surface area (Å²) in [5, 5.41) is 15.3. The fourth-order valence-corrected chi connectivity index (χ4v) is 3.69. The summed E-state index contributed by atoms with van der Waals surface area (Å²) in [6.45, 7) is 1.11. The maximum Gasteiger partial charge on any atom is 0.260 e. The first kappa shape index (κ1) is 14.4. The molecule has 1 aromatic heterocycles. The molecule has 2 N–H and O–H groups in total. The standard InChI is InChI=1S/C11H20N4O3S/c1-14-5-3-4-10(14)7-15(2)19(17,18)11-9(8-16)6-12-13-11/h6,10,16H,3-5,7-8H2,1-2H3,(H,12,13). The van der Waals surface area contributed by atoms with Crippen LogP contribution in [0.25, 0.3) is 0 Å². The molecule has 19 heavy (non-hydrogen) atoms. The van der Waals surface area contributed by atoms with Gasteiger partial charge in [0, 0.05) is 25.2 Å². The van der Waals surface area contributed by atoms with Crippen molar-refractivity contribution < 1.29 is 13.5 Å². The molecule has 2 rings (SSSR count). The lowest BCUT2D eigenvalue weighted by Crippen LogP contribution is -2.39. The van der Waals surface area contributed by atoms with Crippen molar-refractivity contribution in [2.24, 2.45) is 0 Å². The van der Waals surface area contributed by atoms with Gasteiger partial charge < -0.3 is 10.0 Å². The molecule has 1 aromatic rings. The molecule has 0 spiro atoms. The van der Waals surface area contributed by atoms with E-state index in [1.54, 1.807) is 7.05 Å². The van der Waals surface area contributed by atoms with E-state index in [4.69, 9.17) is 5.11 Å². The Kier molecular flexibility index (Phi) is 4.24. The third kappa shape index (κ3) is 2.81. The van der Waals surface area contributed by atoms with Crippen molar-refractivity contribution in [1.82, 2.24) is 19.4 Å². The lowest BCUT2D eigenvalue weighted by molar-refractivity contribution is 0.268. The van der Waals surface area contributed by atoms with Crippen molar-refractivity contribution in [3.05, 3.63) is 11.8 Å². The molecular weight excluding hydrogens is 268 g/mol. The van der Waals surface area contributed by atoms with E-state index >= 15 is 0 Å². The highest BCUT2D eigenvalue weighted by Gasteiger charge is 2.30. The van der Waals surface area contributed by atoms with Crippen LogP contribution in [0.1, 0.15) is 18.4 Å². The molecule has 0 saturated carbocycles. The Bertz CT molecular complexity index is 528. The molecule has 108 valence electrons. The molecule has 7 nitrogen and oxygen atoms in total. The van der Waals surface area contributed by atoms with Gasteiger partial charge in [0.15, 0.2) is 5.03 Å². The van der Waals surface area contributed by atoms with Gasteiger partial charge >= 0.3 is 0 Å². The van der Waals surface area contributed by atoms with E-state index in [9.17, 15) is 8.42 Å². The van der Waals surface area contributed by atoms with Crippen LogP contribution in [0, 0.1) is 0 Å². The van der Waals surface area contributed by atoms with E-state index in [0.717, 1.165) is 19.4 Å². The number of likely N-dealkylation sites (tertiary alicyclic amines) is 1. The molecule has 1 unspecified atom stereocenters. The molecule has 1 fully saturated rings. The van der Waals surface area contributed by atoms with Crippen LogP contribution in [-0.4, -0.2) is 66.2 Å². The second kappa shape index (κ2) is 5.58. The fourth-order valence-electron chi connectivity index (χ4n) is 2.40.